The molecular weight excluding hydrogens is 314 g/mol. The number of fused-ring (bicyclic) bond motifs is 1. The molecule has 0 amide bonds. The number of carbonyl (C=O) groups is 1. The van der Waals surface area contributed by atoms with E-state index in [0.717, 1.165) is 5.56 Å². The number of rotatable bonds is 6. The van der Waals surface area contributed by atoms with Crippen LogP contribution >= 0.6 is 0 Å². The SMILES string of the molecule is COCCOc1ccc(C2C(C(=O)O)C(C)=Nc3nnnn32)cc1. The van der Waals surface area contributed by atoms with Crippen LogP contribution in [-0.4, -0.2) is 57.3 Å². The van der Waals surface area contributed by atoms with E-state index in [2.05, 4.69) is 20.5 Å². The van der Waals surface area contributed by atoms with Crippen LogP contribution in [0.3, 0.4) is 0 Å². The molecule has 2 aromatic rings. The number of methoxy groups -OCH3 is 1. The summed E-state index contributed by atoms with van der Waals surface area (Å²) in [4.78, 5) is 15.9. The highest BCUT2D eigenvalue weighted by Gasteiger charge is 2.39. The maximum Gasteiger partial charge on any atom is 0.314 e. The van der Waals surface area contributed by atoms with E-state index in [1.165, 1.54) is 4.68 Å². The standard InChI is InChI=1S/C15H17N5O4/c1-9-12(14(21)22)13(20-15(16-9)17-18-19-20)10-3-5-11(6-4-10)24-8-7-23-2/h3-6,12-13H,7-8H2,1-2H3,(H,21,22). The van der Waals surface area contributed by atoms with Gasteiger partial charge in [0.05, 0.1) is 6.61 Å². The van der Waals surface area contributed by atoms with E-state index in [0.29, 0.717) is 30.6 Å². The van der Waals surface area contributed by atoms with Gasteiger partial charge in [0.15, 0.2) is 0 Å². The first kappa shape index (κ1) is 16.1. The minimum Gasteiger partial charge on any atom is -0.491 e. The normalized spacial score (nSPS) is 19.5. The van der Waals surface area contributed by atoms with E-state index in [-0.39, 0.29) is 0 Å². The minimum atomic E-state index is -0.970. The number of tetrazole rings is 1. The molecular formula is C15H17N5O4. The first-order valence-corrected chi connectivity index (χ1v) is 7.39. The first-order chi connectivity index (χ1) is 11.6. The molecule has 0 radical (unpaired) electrons. The van der Waals surface area contributed by atoms with Crippen molar-refractivity contribution in [1.29, 1.82) is 0 Å². The lowest BCUT2D eigenvalue weighted by Crippen LogP contribution is -2.35. The van der Waals surface area contributed by atoms with Crippen molar-refractivity contribution >= 4 is 17.6 Å². The fraction of sp³-hybridized carbons (Fsp3) is 0.400. The van der Waals surface area contributed by atoms with E-state index in [4.69, 9.17) is 9.47 Å². The molecule has 0 fully saturated rings. The molecule has 1 aromatic heterocycles. The molecule has 24 heavy (non-hydrogen) atoms. The molecule has 1 aromatic carbocycles. The average Bonchev–Trinajstić information content (AvgIpc) is 3.02. The van der Waals surface area contributed by atoms with Gasteiger partial charge in [0.2, 0.25) is 0 Å². The lowest BCUT2D eigenvalue weighted by Gasteiger charge is -2.27. The molecule has 1 N–H and O–H groups in total. The zero-order valence-corrected chi connectivity index (χ0v) is 13.3. The summed E-state index contributed by atoms with van der Waals surface area (Å²) in [6.45, 7) is 2.61. The van der Waals surface area contributed by atoms with Gasteiger partial charge in [0.25, 0.3) is 5.95 Å². The zero-order chi connectivity index (χ0) is 17.1. The Morgan fingerprint density at radius 2 is 2.04 bits per heavy atom. The van der Waals surface area contributed by atoms with Crippen LogP contribution in [0.4, 0.5) is 5.95 Å². The van der Waals surface area contributed by atoms with E-state index >= 15 is 0 Å². The molecule has 0 aliphatic carbocycles. The number of carboxylic acid groups (broad SMARTS) is 1. The van der Waals surface area contributed by atoms with Crippen molar-refractivity contribution in [3.05, 3.63) is 29.8 Å². The zero-order valence-electron chi connectivity index (χ0n) is 13.3. The summed E-state index contributed by atoms with van der Waals surface area (Å²) in [6.07, 6.45) is 0. The Morgan fingerprint density at radius 3 is 2.71 bits per heavy atom. The molecule has 0 spiro atoms. The molecule has 1 aliphatic heterocycles. The van der Waals surface area contributed by atoms with Crippen molar-refractivity contribution in [2.45, 2.75) is 13.0 Å². The summed E-state index contributed by atoms with van der Waals surface area (Å²) in [6, 6.07) is 6.64. The number of ether oxygens (including phenoxy) is 2. The van der Waals surface area contributed by atoms with Gasteiger partial charge in [-0.3, -0.25) is 4.79 Å². The quantitative estimate of drug-likeness (QED) is 0.789. The third kappa shape index (κ3) is 2.98. The van der Waals surface area contributed by atoms with E-state index in [9.17, 15) is 9.90 Å². The number of hydrogen-bond donors (Lipinski definition) is 1. The topological polar surface area (TPSA) is 112 Å². The molecule has 9 nitrogen and oxygen atoms in total. The molecule has 2 heterocycles. The molecule has 0 bridgehead atoms. The van der Waals surface area contributed by atoms with E-state index < -0.39 is 17.9 Å². The highest BCUT2D eigenvalue weighted by molar-refractivity contribution is 6.02. The maximum atomic E-state index is 11.7. The van der Waals surface area contributed by atoms with Gasteiger partial charge in [-0.15, -0.1) is 0 Å². The summed E-state index contributed by atoms with van der Waals surface area (Å²) in [5.74, 6) is -0.819. The van der Waals surface area contributed by atoms with E-state index in [1.54, 1.807) is 26.2 Å². The molecule has 9 heteroatoms. The minimum absolute atomic E-state index is 0.301. The fourth-order valence-electron chi connectivity index (χ4n) is 2.69. The first-order valence-electron chi connectivity index (χ1n) is 7.39. The monoisotopic (exact) mass is 331 g/mol. The van der Waals surface area contributed by atoms with Gasteiger partial charge in [0.1, 0.15) is 24.3 Å². The Morgan fingerprint density at radius 1 is 1.29 bits per heavy atom. The summed E-state index contributed by atoms with van der Waals surface area (Å²) in [5, 5.41) is 20.9. The lowest BCUT2D eigenvalue weighted by molar-refractivity contribution is -0.140. The lowest BCUT2D eigenvalue weighted by atomic mass is 9.88. The Kier molecular flexibility index (Phi) is 4.52. The van der Waals surface area contributed by atoms with Gasteiger partial charge >= 0.3 is 5.97 Å². The molecule has 2 unspecified atom stereocenters. The second kappa shape index (κ2) is 6.75. The number of carboxylic acids is 1. The smallest absolute Gasteiger partial charge is 0.314 e. The molecule has 3 rings (SSSR count). The summed E-state index contributed by atoms with van der Waals surface area (Å²) >= 11 is 0. The van der Waals surface area contributed by atoms with Crippen LogP contribution in [0.25, 0.3) is 0 Å². The van der Waals surface area contributed by atoms with Crippen LogP contribution in [0.1, 0.15) is 18.5 Å². The van der Waals surface area contributed by atoms with Crippen LogP contribution in [0.2, 0.25) is 0 Å². The van der Waals surface area contributed by atoms with Crippen molar-refractivity contribution in [1.82, 2.24) is 20.2 Å². The van der Waals surface area contributed by atoms with Crippen molar-refractivity contribution in [2.24, 2.45) is 10.9 Å². The van der Waals surface area contributed by atoms with Crippen LogP contribution in [0, 0.1) is 5.92 Å². The molecule has 1 aliphatic rings. The third-order valence-corrected chi connectivity index (χ3v) is 3.82. The molecule has 0 saturated heterocycles. The highest BCUT2D eigenvalue weighted by Crippen LogP contribution is 2.35. The number of aliphatic imine (C=N–C) groups is 1. The number of benzene rings is 1. The van der Waals surface area contributed by atoms with Crippen LogP contribution in [0.5, 0.6) is 5.75 Å². The van der Waals surface area contributed by atoms with Crippen molar-refractivity contribution in [3.63, 3.8) is 0 Å². The van der Waals surface area contributed by atoms with Gasteiger partial charge in [-0.05, 0) is 35.0 Å². The van der Waals surface area contributed by atoms with Crippen LogP contribution in [-0.2, 0) is 9.53 Å². The number of nitrogens with zero attached hydrogens (tertiary/aromatic N) is 5. The maximum absolute atomic E-state index is 11.7. The summed E-state index contributed by atoms with van der Waals surface area (Å²) in [7, 11) is 1.61. The molecule has 0 saturated carbocycles. The van der Waals surface area contributed by atoms with E-state index in [1.807, 2.05) is 12.1 Å². The summed E-state index contributed by atoms with van der Waals surface area (Å²) in [5.41, 5.74) is 1.24. The summed E-state index contributed by atoms with van der Waals surface area (Å²) < 4.78 is 11.9. The number of hydrogen-bond acceptors (Lipinski definition) is 7. The van der Waals surface area contributed by atoms with Gasteiger partial charge in [-0.25, -0.2) is 9.67 Å². The highest BCUT2D eigenvalue weighted by atomic mass is 16.5. The predicted molar refractivity (Wildman–Crippen MR) is 83.7 cm³/mol. The number of aromatic nitrogens is 4. The van der Waals surface area contributed by atoms with Crippen LogP contribution < -0.4 is 4.74 Å². The second-order valence-corrected chi connectivity index (χ2v) is 5.35. The molecule has 126 valence electrons. The van der Waals surface area contributed by atoms with Crippen molar-refractivity contribution in [2.75, 3.05) is 20.3 Å². The van der Waals surface area contributed by atoms with Gasteiger partial charge in [-0.2, -0.15) is 0 Å². The van der Waals surface area contributed by atoms with Gasteiger partial charge in [0, 0.05) is 12.8 Å². The van der Waals surface area contributed by atoms with Gasteiger partial charge in [-0.1, -0.05) is 17.2 Å². The predicted octanol–water partition coefficient (Wildman–Crippen LogP) is 1.09. The largest absolute Gasteiger partial charge is 0.491 e. The average molecular weight is 331 g/mol. The third-order valence-electron chi connectivity index (χ3n) is 3.82. The van der Waals surface area contributed by atoms with Crippen LogP contribution in [0.15, 0.2) is 29.3 Å². The Hall–Kier alpha value is -2.81. The Bertz CT molecular complexity index is 755. The fourth-order valence-corrected chi connectivity index (χ4v) is 2.69. The van der Waals surface area contributed by atoms with Crippen molar-refractivity contribution < 1.29 is 19.4 Å². The van der Waals surface area contributed by atoms with Crippen molar-refractivity contribution in [3.8, 4) is 5.75 Å². The second-order valence-electron chi connectivity index (χ2n) is 5.35. The Balaban J connectivity index is 1.91. The number of aliphatic carboxylic acids is 1. The van der Waals surface area contributed by atoms with Gasteiger partial charge < -0.3 is 14.6 Å². The Labute approximate surface area is 137 Å². The molecule has 2 atom stereocenters.